The third kappa shape index (κ3) is 2.81. The van der Waals surface area contributed by atoms with Crippen LogP contribution in [0.15, 0.2) is 18.2 Å². The van der Waals surface area contributed by atoms with Crippen molar-refractivity contribution in [3.63, 3.8) is 0 Å². The molecule has 1 aromatic carbocycles. The fourth-order valence-electron chi connectivity index (χ4n) is 2.40. The predicted molar refractivity (Wildman–Crippen MR) is 76.8 cm³/mol. The van der Waals surface area contributed by atoms with E-state index in [1.54, 1.807) is 17.0 Å². The van der Waals surface area contributed by atoms with Gasteiger partial charge in [0, 0.05) is 5.69 Å². The molecule has 1 heterocycles. The van der Waals surface area contributed by atoms with Crippen molar-refractivity contribution in [3.8, 4) is 0 Å². The van der Waals surface area contributed by atoms with Gasteiger partial charge in [-0.25, -0.2) is 4.79 Å². The average Bonchev–Trinajstić information content (AvgIpc) is 2.45. The summed E-state index contributed by atoms with van der Waals surface area (Å²) in [7, 11) is 1.26. The number of carbonyl (C=O) groups is 3. The van der Waals surface area contributed by atoms with Gasteiger partial charge in [0.15, 0.2) is 0 Å². The number of piperazine rings is 1. The zero-order valence-electron chi connectivity index (χ0n) is 11.9. The van der Waals surface area contributed by atoms with Crippen LogP contribution in [0.4, 0.5) is 11.4 Å². The zero-order chi connectivity index (χ0) is 15.6. The molecule has 7 heteroatoms. The summed E-state index contributed by atoms with van der Waals surface area (Å²) >= 11 is 0. The molecular weight excluding hydrogens is 274 g/mol. The van der Waals surface area contributed by atoms with E-state index in [0.29, 0.717) is 17.8 Å². The second-order valence-corrected chi connectivity index (χ2v) is 4.73. The van der Waals surface area contributed by atoms with E-state index in [1.807, 2.05) is 6.92 Å². The lowest BCUT2D eigenvalue weighted by Gasteiger charge is -2.36. The summed E-state index contributed by atoms with van der Waals surface area (Å²) in [5.74, 6) is -1.34. The number of nitrogens with one attached hydrogen (secondary N) is 1. The highest BCUT2D eigenvalue weighted by atomic mass is 16.5. The summed E-state index contributed by atoms with van der Waals surface area (Å²) in [5.41, 5.74) is 6.80. The van der Waals surface area contributed by atoms with Crippen molar-refractivity contribution in [3.05, 3.63) is 23.8 Å². The molecule has 0 aliphatic carbocycles. The largest absolute Gasteiger partial charge is 0.465 e. The molecule has 0 spiro atoms. The van der Waals surface area contributed by atoms with E-state index in [1.165, 1.54) is 13.2 Å². The molecule has 0 bridgehead atoms. The van der Waals surface area contributed by atoms with Crippen LogP contribution in [-0.4, -0.2) is 37.5 Å². The van der Waals surface area contributed by atoms with E-state index in [4.69, 9.17) is 10.5 Å². The van der Waals surface area contributed by atoms with Gasteiger partial charge in [0.1, 0.15) is 6.04 Å². The van der Waals surface area contributed by atoms with E-state index >= 15 is 0 Å². The van der Waals surface area contributed by atoms with Gasteiger partial charge in [-0.15, -0.1) is 0 Å². The fraction of sp³-hybridized carbons (Fsp3) is 0.357. The number of nitrogens with two attached hydrogens (primary N) is 1. The second-order valence-electron chi connectivity index (χ2n) is 4.73. The molecule has 112 valence electrons. The molecule has 2 rings (SSSR count). The number of methoxy groups -OCH3 is 1. The smallest absolute Gasteiger partial charge is 0.340 e. The summed E-state index contributed by atoms with van der Waals surface area (Å²) in [6.45, 7) is 1.83. The molecular formula is C14H17N3O4. The first kappa shape index (κ1) is 14.8. The Kier molecular flexibility index (Phi) is 4.11. The van der Waals surface area contributed by atoms with E-state index in [-0.39, 0.29) is 18.0 Å². The van der Waals surface area contributed by atoms with Crippen molar-refractivity contribution in [2.45, 2.75) is 19.4 Å². The summed E-state index contributed by atoms with van der Waals surface area (Å²) in [4.78, 5) is 37.0. The maximum absolute atomic E-state index is 11.9. The van der Waals surface area contributed by atoms with Crippen LogP contribution in [0.1, 0.15) is 23.7 Å². The molecule has 1 saturated heterocycles. The number of benzene rings is 1. The number of ether oxygens (including phenoxy) is 1. The van der Waals surface area contributed by atoms with Crippen molar-refractivity contribution < 1.29 is 19.1 Å². The first-order valence-electron chi connectivity index (χ1n) is 6.56. The van der Waals surface area contributed by atoms with Crippen LogP contribution in [0.5, 0.6) is 0 Å². The van der Waals surface area contributed by atoms with Crippen molar-refractivity contribution in [2.75, 3.05) is 24.3 Å². The molecule has 0 saturated carbocycles. The third-order valence-corrected chi connectivity index (χ3v) is 3.38. The number of anilines is 2. The standard InChI is InChI=1S/C14H17N3O4/c1-3-10-13(19)16-12(18)7-17(10)11-5-4-8(15)6-9(11)14(20)21-2/h4-6,10H,3,7,15H2,1-2H3,(H,16,18,19). The van der Waals surface area contributed by atoms with Gasteiger partial charge in [-0.1, -0.05) is 6.92 Å². The first-order valence-corrected chi connectivity index (χ1v) is 6.56. The number of imide groups is 1. The molecule has 1 fully saturated rings. The fourth-order valence-corrected chi connectivity index (χ4v) is 2.40. The predicted octanol–water partition coefficient (Wildman–Crippen LogP) is 0.297. The summed E-state index contributed by atoms with van der Waals surface area (Å²) in [5, 5.41) is 2.29. The molecule has 7 nitrogen and oxygen atoms in total. The van der Waals surface area contributed by atoms with Gasteiger partial charge >= 0.3 is 5.97 Å². The maximum Gasteiger partial charge on any atom is 0.340 e. The zero-order valence-corrected chi connectivity index (χ0v) is 11.9. The van der Waals surface area contributed by atoms with Gasteiger partial charge in [-0.05, 0) is 24.6 Å². The Hall–Kier alpha value is -2.57. The Morgan fingerprint density at radius 1 is 1.48 bits per heavy atom. The Morgan fingerprint density at radius 2 is 2.19 bits per heavy atom. The van der Waals surface area contributed by atoms with Gasteiger partial charge in [-0.2, -0.15) is 0 Å². The minimum atomic E-state index is -0.564. The lowest BCUT2D eigenvalue weighted by Crippen LogP contribution is -2.58. The maximum atomic E-state index is 11.9. The molecule has 21 heavy (non-hydrogen) atoms. The van der Waals surface area contributed by atoms with Crippen LogP contribution >= 0.6 is 0 Å². The Balaban J connectivity index is 2.50. The molecule has 0 aromatic heterocycles. The Labute approximate surface area is 122 Å². The van der Waals surface area contributed by atoms with E-state index in [9.17, 15) is 14.4 Å². The van der Waals surface area contributed by atoms with Crippen LogP contribution < -0.4 is 16.0 Å². The number of esters is 1. The second kappa shape index (κ2) is 5.82. The number of nitrogen functional groups attached to an aromatic ring is 1. The number of nitrogens with zero attached hydrogens (tertiary/aromatic N) is 1. The van der Waals surface area contributed by atoms with Gasteiger partial charge in [0.05, 0.1) is 24.9 Å². The van der Waals surface area contributed by atoms with Gasteiger partial charge < -0.3 is 15.4 Å². The molecule has 1 atom stereocenters. The molecule has 1 unspecified atom stereocenters. The van der Waals surface area contributed by atoms with Crippen LogP contribution in [0.3, 0.4) is 0 Å². The number of hydrogen-bond donors (Lipinski definition) is 2. The van der Waals surface area contributed by atoms with E-state index < -0.39 is 17.9 Å². The Bertz CT molecular complexity index is 600. The van der Waals surface area contributed by atoms with E-state index in [0.717, 1.165) is 0 Å². The quantitative estimate of drug-likeness (QED) is 0.472. The highest BCUT2D eigenvalue weighted by Gasteiger charge is 2.34. The van der Waals surface area contributed by atoms with Crippen LogP contribution in [0, 0.1) is 0 Å². The van der Waals surface area contributed by atoms with Crippen LogP contribution in [0.25, 0.3) is 0 Å². The molecule has 2 amide bonds. The lowest BCUT2D eigenvalue weighted by molar-refractivity contribution is -0.132. The van der Waals surface area contributed by atoms with Crippen molar-refractivity contribution in [1.29, 1.82) is 0 Å². The monoisotopic (exact) mass is 291 g/mol. The first-order chi connectivity index (χ1) is 9.97. The summed E-state index contributed by atoms with van der Waals surface area (Å²) in [6.07, 6.45) is 0.504. The van der Waals surface area contributed by atoms with Gasteiger partial charge in [0.25, 0.3) is 0 Å². The lowest BCUT2D eigenvalue weighted by atomic mass is 10.0. The SMILES string of the molecule is CCC1C(=O)NC(=O)CN1c1ccc(N)cc1C(=O)OC. The minimum absolute atomic E-state index is 0.00183. The third-order valence-electron chi connectivity index (χ3n) is 3.38. The minimum Gasteiger partial charge on any atom is -0.465 e. The number of carbonyl (C=O) groups excluding carboxylic acids is 3. The Morgan fingerprint density at radius 3 is 2.81 bits per heavy atom. The highest BCUT2D eigenvalue weighted by molar-refractivity contribution is 6.06. The highest BCUT2D eigenvalue weighted by Crippen LogP contribution is 2.27. The van der Waals surface area contributed by atoms with Gasteiger partial charge in [0.2, 0.25) is 11.8 Å². The topological polar surface area (TPSA) is 102 Å². The molecule has 3 N–H and O–H groups in total. The van der Waals surface area contributed by atoms with Crippen LogP contribution in [0.2, 0.25) is 0 Å². The number of hydrogen-bond acceptors (Lipinski definition) is 6. The summed E-state index contributed by atoms with van der Waals surface area (Å²) in [6, 6.07) is 4.20. The summed E-state index contributed by atoms with van der Waals surface area (Å²) < 4.78 is 4.74. The number of amides is 2. The van der Waals surface area contributed by atoms with Crippen LogP contribution in [-0.2, 0) is 14.3 Å². The van der Waals surface area contributed by atoms with Crippen molar-refractivity contribution in [1.82, 2.24) is 5.32 Å². The van der Waals surface area contributed by atoms with Crippen molar-refractivity contribution in [2.24, 2.45) is 0 Å². The van der Waals surface area contributed by atoms with Crippen molar-refractivity contribution >= 4 is 29.2 Å². The molecule has 1 aliphatic heterocycles. The number of rotatable bonds is 3. The van der Waals surface area contributed by atoms with Gasteiger partial charge in [-0.3, -0.25) is 14.9 Å². The van der Waals surface area contributed by atoms with E-state index in [2.05, 4.69) is 5.32 Å². The normalized spacial score (nSPS) is 18.4. The molecule has 1 aromatic rings. The molecule has 0 radical (unpaired) electrons. The average molecular weight is 291 g/mol. The molecule has 1 aliphatic rings.